The lowest BCUT2D eigenvalue weighted by atomic mass is 10.2. The number of nitrogens with zero attached hydrogens (tertiary/aromatic N) is 4. The molecule has 3 heterocycles. The fourth-order valence-corrected chi connectivity index (χ4v) is 4.73. The first kappa shape index (κ1) is 18.2. The van der Waals surface area contributed by atoms with E-state index < -0.39 is 9.84 Å². The third kappa shape index (κ3) is 4.34. The summed E-state index contributed by atoms with van der Waals surface area (Å²) < 4.78 is 23.4. The van der Waals surface area contributed by atoms with E-state index in [1.54, 1.807) is 23.4 Å². The molecular formula is C17H21N5O3S. The van der Waals surface area contributed by atoms with Gasteiger partial charge in [-0.25, -0.2) is 18.4 Å². The van der Waals surface area contributed by atoms with Gasteiger partial charge in [-0.3, -0.25) is 9.78 Å². The van der Waals surface area contributed by atoms with Crippen LogP contribution in [0.5, 0.6) is 0 Å². The van der Waals surface area contributed by atoms with E-state index in [0.717, 1.165) is 5.56 Å². The number of sulfone groups is 1. The van der Waals surface area contributed by atoms with E-state index in [-0.39, 0.29) is 29.1 Å². The predicted molar refractivity (Wildman–Crippen MR) is 97.4 cm³/mol. The molecule has 0 aromatic carbocycles. The summed E-state index contributed by atoms with van der Waals surface area (Å²) in [6, 6.07) is 5.08. The highest BCUT2D eigenvalue weighted by Crippen LogP contribution is 2.20. The number of anilines is 1. The number of hydrogen-bond donors (Lipinski definition) is 1. The van der Waals surface area contributed by atoms with Crippen LogP contribution in [0.15, 0.2) is 36.9 Å². The van der Waals surface area contributed by atoms with Crippen LogP contribution in [0.3, 0.4) is 0 Å². The Hall–Kier alpha value is -2.55. The molecule has 1 N–H and O–H groups in total. The van der Waals surface area contributed by atoms with Crippen LogP contribution in [0.4, 0.5) is 5.82 Å². The molecule has 0 aliphatic carbocycles. The molecule has 2 aromatic heterocycles. The van der Waals surface area contributed by atoms with E-state index in [1.807, 2.05) is 19.1 Å². The normalized spacial score (nSPS) is 18.4. The van der Waals surface area contributed by atoms with Gasteiger partial charge in [0.2, 0.25) is 0 Å². The Balaban J connectivity index is 1.71. The Labute approximate surface area is 152 Å². The number of amides is 1. The van der Waals surface area contributed by atoms with E-state index in [1.165, 1.54) is 6.33 Å². The van der Waals surface area contributed by atoms with Crippen LogP contribution in [0, 0.1) is 0 Å². The second-order valence-corrected chi connectivity index (χ2v) is 8.37. The number of nitrogens with one attached hydrogen (secondary N) is 1. The molecule has 2 aromatic rings. The zero-order valence-corrected chi connectivity index (χ0v) is 15.3. The molecule has 138 valence electrons. The number of aromatic nitrogens is 3. The van der Waals surface area contributed by atoms with Gasteiger partial charge in [0.25, 0.3) is 5.91 Å². The monoisotopic (exact) mass is 375 g/mol. The van der Waals surface area contributed by atoms with Crippen molar-refractivity contribution in [3.63, 3.8) is 0 Å². The van der Waals surface area contributed by atoms with E-state index in [0.29, 0.717) is 25.3 Å². The van der Waals surface area contributed by atoms with Crippen LogP contribution >= 0.6 is 0 Å². The molecule has 1 aliphatic heterocycles. The van der Waals surface area contributed by atoms with Crippen LogP contribution in [0.1, 0.15) is 29.4 Å². The van der Waals surface area contributed by atoms with Crippen molar-refractivity contribution in [3.8, 4) is 0 Å². The Kier molecular flexibility index (Phi) is 5.46. The first-order chi connectivity index (χ1) is 12.5. The van der Waals surface area contributed by atoms with Crippen molar-refractivity contribution in [2.45, 2.75) is 25.9 Å². The minimum Gasteiger partial charge on any atom is -0.366 e. The maximum Gasteiger partial charge on any atom is 0.272 e. The minimum absolute atomic E-state index is 0.0187. The first-order valence-electron chi connectivity index (χ1n) is 8.44. The predicted octanol–water partition coefficient (Wildman–Crippen LogP) is 1.13. The minimum atomic E-state index is -3.06. The summed E-state index contributed by atoms with van der Waals surface area (Å²) in [5.41, 5.74) is 1.29. The van der Waals surface area contributed by atoms with E-state index in [4.69, 9.17) is 0 Å². The van der Waals surface area contributed by atoms with Gasteiger partial charge >= 0.3 is 0 Å². The van der Waals surface area contributed by atoms with Crippen molar-refractivity contribution < 1.29 is 13.2 Å². The van der Waals surface area contributed by atoms with Gasteiger partial charge in [-0.05, 0) is 31.0 Å². The second kappa shape index (κ2) is 7.77. The van der Waals surface area contributed by atoms with Crippen molar-refractivity contribution in [2.24, 2.45) is 0 Å². The number of carbonyl (C=O) groups excluding carboxylic acids is 1. The summed E-state index contributed by atoms with van der Waals surface area (Å²) in [6.07, 6.45) is 5.23. The SMILES string of the molecule is CCN(C(=O)c1cc(NCc2ccncc2)ncn1)C1CCS(=O)(=O)C1. The van der Waals surface area contributed by atoms with Crippen molar-refractivity contribution in [3.05, 3.63) is 48.2 Å². The third-order valence-electron chi connectivity index (χ3n) is 4.36. The molecule has 8 nitrogen and oxygen atoms in total. The van der Waals surface area contributed by atoms with Crippen LogP contribution in [0.25, 0.3) is 0 Å². The summed E-state index contributed by atoms with van der Waals surface area (Å²) in [6.45, 7) is 2.82. The first-order valence-corrected chi connectivity index (χ1v) is 10.3. The molecule has 1 atom stereocenters. The lowest BCUT2D eigenvalue weighted by molar-refractivity contribution is 0.0702. The van der Waals surface area contributed by atoms with Crippen molar-refractivity contribution in [1.29, 1.82) is 0 Å². The maximum absolute atomic E-state index is 12.8. The maximum atomic E-state index is 12.8. The number of carbonyl (C=O) groups is 1. The average Bonchev–Trinajstić information content (AvgIpc) is 3.01. The van der Waals surface area contributed by atoms with Gasteiger partial charge in [0.1, 0.15) is 17.8 Å². The number of pyridine rings is 1. The van der Waals surface area contributed by atoms with Gasteiger partial charge in [0.15, 0.2) is 9.84 Å². The number of rotatable bonds is 6. The summed E-state index contributed by atoms with van der Waals surface area (Å²) in [7, 11) is -3.06. The van der Waals surface area contributed by atoms with Crippen molar-refractivity contribution in [2.75, 3.05) is 23.4 Å². The highest BCUT2D eigenvalue weighted by atomic mass is 32.2. The molecule has 0 radical (unpaired) electrons. The van der Waals surface area contributed by atoms with Crippen LogP contribution in [-0.4, -0.2) is 58.3 Å². The Morgan fingerprint density at radius 3 is 2.73 bits per heavy atom. The molecule has 1 unspecified atom stereocenters. The van der Waals surface area contributed by atoms with E-state index >= 15 is 0 Å². The van der Waals surface area contributed by atoms with Gasteiger partial charge in [-0.15, -0.1) is 0 Å². The Morgan fingerprint density at radius 1 is 1.31 bits per heavy atom. The van der Waals surface area contributed by atoms with Crippen molar-refractivity contribution in [1.82, 2.24) is 19.9 Å². The number of hydrogen-bond acceptors (Lipinski definition) is 7. The highest BCUT2D eigenvalue weighted by Gasteiger charge is 2.34. The Bertz CT molecular complexity index is 873. The lowest BCUT2D eigenvalue weighted by Gasteiger charge is -2.26. The standard InChI is InChI=1S/C17H21N5O3S/c1-2-22(14-5-8-26(24,25)11-14)17(23)15-9-16(21-12-20-15)19-10-13-3-6-18-7-4-13/h3-4,6-7,9,12,14H,2,5,8,10-11H2,1H3,(H,19,20,21). The van der Waals surface area contributed by atoms with E-state index in [9.17, 15) is 13.2 Å². The van der Waals surface area contributed by atoms with Crippen LogP contribution in [0.2, 0.25) is 0 Å². The lowest BCUT2D eigenvalue weighted by Crippen LogP contribution is -2.41. The molecule has 0 spiro atoms. The van der Waals surface area contributed by atoms with Gasteiger partial charge in [0, 0.05) is 37.6 Å². The zero-order chi connectivity index (χ0) is 18.6. The molecule has 3 rings (SSSR count). The largest absolute Gasteiger partial charge is 0.366 e. The Morgan fingerprint density at radius 2 is 2.08 bits per heavy atom. The van der Waals surface area contributed by atoms with Crippen LogP contribution < -0.4 is 5.32 Å². The summed E-state index contributed by atoms with van der Waals surface area (Å²) in [4.78, 5) is 26.6. The third-order valence-corrected chi connectivity index (χ3v) is 6.11. The molecule has 1 amide bonds. The van der Waals surface area contributed by atoms with Gasteiger partial charge in [0.05, 0.1) is 11.5 Å². The fourth-order valence-electron chi connectivity index (χ4n) is 3.00. The molecule has 1 fully saturated rings. The summed E-state index contributed by atoms with van der Waals surface area (Å²) in [5.74, 6) is 0.411. The smallest absolute Gasteiger partial charge is 0.272 e. The molecule has 1 aliphatic rings. The van der Waals surface area contributed by atoms with Gasteiger partial charge in [-0.2, -0.15) is 0 Å². The van der Waals surface area contributed by atoms with Crippen molar-refractivity contribution >= 4 is 21.6 Å². The molecular weight excluding hydrogens is 354 g/mol. The summed E-state index contributed by atoms with van der Waals surface area (Å²) in [5, 5.41) is 3.15. The topological polar surface area (TPSA) is 105 Å². The molecule has 0 bridgehead atoms. The zero-order valence-electron chi connectivity index (χ0n) is 14.5. The molecule has 0 saturated carbocycles. The molecule has 9 heteroatoms. The van der Waals surface area contributed by atoms with E-state index in [2.05, 4.69) is 20.3 Å². The van der Waals surface area contributed by atoms with Gasteiger partial charge < -0.3 is 10.2 Å². The fraction of sp³-hybridized carbons (Fsp3) is 0.412. The average molecular weight is 375 g/mol. The second-order valence-electron chi connectivity index (χ2n) is 6.15. The van der Waals surface area contributed by atoms with Gasteiger partial charge in [-0.1, -0.05) is 0 Å². The highest BCUT2D eigenvalue weighted by molar-refractivity contribution is 7.91. The summed E-state index contributed by atoms with van der Waals surface area (Å²) >= 11 is 0. The molecule has 26 heavy (non-hydrogen) atoms. The quantitative estimate of drug-likeness (QED) is 0.807. The molecule has 1 saturated heterocycles. The van der Waals surface area contributed by atoms with Crippen LogP contribution in [-0.2, 0) is 16.4 Å².